The van der Waals surface area contributed by atoms with Crippen LogP contribution in [0.4, 0.5) is 10.2 Å². The summed E-state index contributed by atoms with van der Waals surface area (Å²) < 4.78 is 26.5. The number of hydrogen-bond acceptors (Lipinski definition) is 4. The van der Waals surface area contributed by atoms with E-state index in [1.54, 1.807) is 53.3 Å². The van der Waals surface area contributed by atoms with Crippen LogP contribution >= 0.6 is 39.1 Å². The van der Waals surface area contributed by atoms with Gasteiger partial charge in [0.2, 0.25) is 0 Å². The Morgan fingerprint density at radius 1 is 1.16 bits per heavy atom. The fraction of sp³-hybridized carbons (Fsp3) is 0.0909. The van der Waals surface area contributed by atoms with Crippen molar-refractivity contribution in [3.8, 4) is 5.75 Å². The van der Waals surface area contributed by atoms with Gasteiger partial charge in [0.05, 0.1) is 16.0 Å². The molecule has 0 saturated heterocycles. The topological polar surface area (TPSA) is 69.3 Å². The van der Waals surface area contributed by atoms with Gasteiger partial charge in [-0.1, -0.05) is 35.3 Å². The van der Waals surface area contributed by atoms with E-state index in [9.17, 15) is 9.18 Å². The Labute approximate surface area is 201 Å². The Kier molecular flexibility index (Phi) is 6.83. The van der Waals surface area contributed by atoms with Crippen molar-refractivity contribution in [1.82, 2.24) is 9.78 Å². The smallest absolute Gasteiger partial charge is 0.292 e. The van der Waals surface area contributed by atoms with Gasteiger partial charge in [-0.3, -0.25) is 9.48 Å². The summed E-state index contributed by atoms with van der Waals surface area (Å²) >= 11 is 15.3. The monoisotopic (exact) mass is 537 g/mol. The maximum atomic E-state index is 13.1. The average molecular weight is 539 g/mol. The molecular formula is C22H15BrCl2FN3O3. The number of hydrogen-bond donors (Lipinski definition) is 1. The van der Waals surface area contributed by atoms with Crippen LogP contribution < -0.4 is 10.1 Å². The lowest BCUT2D eigenvalue weighted by Crippen LogP contribution is -2.12. The molecule has 10 heteroatoms. The number of halogens is 4. The number of carbonyl (C=O) groups is 1. The highest BCUT2D eigenvalue weighted by Gasteiger charge is 2.16. The summed E-state index contributed by atoms with van der Waals surface area (Å²) in [6.07, 6.45) is 1.72. The molecule has 4 aromatic rings. The minimum Gasteiger partial charge on any atom is -0.484 e. The van der Waals surface area contributed by atoms with Crippen LogP contribution in [0, 0.1) is 5.82 Å². The third-order valence-corrected chi connectivity index (χ3v) is 5.47. The molecule has 0 aliphatic heterocycles. The second kappa shape index (κ2) is 9.77. The molecule has 1 N–H and O–H groups in total. The lowest BCUT2D eigenvalue weighted by Gasteiger charge is -2.06. The van der Waals surface area contributed by atoms with Crippen molar-refractivity contribution in [1.29, 1.82) is 0 Å². The molecule has 0 spiro atoms. The number of benzene rings is 2. The maximum Gasteiger partial charge on any atom is 0.292 e. The summed E-state index contributed by atoms with van der Waals surface area (Å²) in [5, 5.41) is 7.92. The molecule has 0 saturated carbocycles. The van der Waals surface area contributed by atoms with Crippen LogP contribution in [0.1, 0.15) is 21.9 Å². The van der Waals surface area contributed by atoms with E-state index in [0.29, 0.717) is 38.4 Å². The number of carbonyl (C=O) groups excluding carboxylic acids is 1. The molecule has 0 aliphatic rings. The van der Waals surface area contributed by atoms with Gasteiger partial charge in [-0.25, -0.2) is 4.39 Å². The third kappa shape index (κ3) is 5.51. The Morgan fingerprint density at radius 3 is 2.69 bits per heavy atom. The fourth-order valence-electron chi connectivity index (χ4n) is 2.83. The molecule has 2 heterocycles. The van der Waals surface area contributed by atoms with Crippen molar-refractivity contribution < 1.29 is 18.3 Å². The highest BCUT2D eigenvalue weighted by atomic mass is 79.9. The summed E-state index contributed by atoms with van der Waals surface area (Å²) in [5.74, 6) is 0.567. The molecule has 0 aliphatic carbocycles. The van der Waals surface area contributed by atoms with Crippen LogP contribution in [0.15, 0.2) is 69.7 Å². The normalized spacial score (nSPS) is 10.9. The van der Waals surface area contributed by atoms with Crippen molar-refractivity contribution in [2.75, 3.05) is 5.32 Å². The number of furan rings is 1. The molecule has 2 aromatic heterocycles. The van der Waals surface area contributed by atoms with E-state index in [1.807, 2.05) is 0 Å². The summed E-state index contributed by atoms with van der Waals surface area (Å²) in [6, 6.07) is 14.2. The zero-order valence-corrected chi connectivity index (χ0v) is 19.4. The molecule has 0 fully saturated rings. The van der Waals surface area contributed by atoms with Crippen molar-refractivity contribution >= 4 is 50.9 Å². The van der Waals surface area contributed by atoms with Crippen molar-refractivity contribution in [3.63, 3.8) is 0 Å². The van der Waals surface area contributed by atoms with Gasteiger partial charge in [0.25, 0.3) is 5.91 Å². The molecular weight excluding hydrogens is 524 g/mol. The molecule has 0 bridgehead atoms. The summed E-state index contributed by atoms with van der Waals surface area (Å²) in [7, 11) is 0. The minimum atomic E-state index is -0.464. The maximum absolute atomic E-state index is 13.1. The molecule has 32 heavy (non-hydrogen) atoms. The molecule has 6 nitrogen and oxygen atoms in total. The second-order valence-electron chi connectivity index (χ2n) is 6.73. The molecule has 0 unspecified atom stereocenters. The highest BCUT2D eigenvalue weighted by Crippen LogP contribution is 2.28. The van der Waals surface area contributed by atoms with E-state index in [4.69, 9.17) is 32.4 Å². The molecule has 1 amide bonds. The first-order valence-corrected chi connectivity index (χ1v) is 10.9. The van der Waals surface area contributed by atoms with Crippen molar-refractivity contribution in [2.45, 2.75) is 13.2 Å². The van der Waals surface area contributed by atoms with Crippen LogP contribution in [-0.2, 0) is 13.2 Å². The lowest BCUT2D eigenvalue weighted by molar-refractivity contribution is 0.0992. The summed E-state index contributed by atoms with van der Waals surface area (Å²) in [6.45, 7) is 0.509. The number of amides is 1. The van der Waals surface area contributed by atoms with Crippen molar-refractivity contribution in [2.24, 2.45) is 0 Å². The van der Waals surface area contributed by atoms with E-state index in [0.717, 1.165) is 5.56 Å². The van der Waals surface area contributed by atoms with Crippen LogP contribution in [0.5, 0.6) is 5.75 Å². The van der Waals surface area contributed by atoms with Gasteiger partial charge in [0.1, 0.15) is 23.9 Å². The highest BCUT2D eigenvalue weighted by molar-refractivity contribution is 9.10. The first-order valence-electron chi connectivity index (χ1n) is 9.33. The van der Waals surface area contributed by atoms with Crippen LogP contribution in [0.25, 0.3) is 0 Å². The van der Waals surface area contributed by atoms with Gasteiger partial charge < -0.3 is 14.5 Å². The number of ether oxygens (including phenoxy) is 1. The number of aromatic nitrogens is 2. The molecule has 164 valence electrons. The first kappa shape index (κ1) is 22.4. The molecule has 0 radical (unpaired) electrons. The Morgan fingerprint density at radius 2 is 1.94 bits per heavy atom. The minimum absolute atomic E-state index is 0.0879. The second-order valence-corrected chi connectivity index (χ2v) is 8.43. The van der Waals surface area contributed by atoms with Gasteiger partial charge in [0.15, 0.2) is 11.6 Å². The third-order valence-electron chi connectivity index (χ3n) is 4.36. The van der Waals surface area contributed by atoms with Crippen LogP contribution in [0.2, 0.25) is 10.0 Å². The lowest BCUT2D eigenvalue weighted by atomic mass is 10.2. The SMILES string of the molecule is O=C(Nc1nn(Cc2ccc(F)cc2)cc1Br)c1ccc(COc2ccc(Cl)cc2Cl)o1. The van der Waals surface area contributed by atoms with E-state index in [1.165, 1.54) is 12.1 Å². The van der Waals surface area contributed by atoms with Gasteiger partial charge in [-0.05, 0) is 64.0 Å². The fourth-order valence-corrected chi connectivity index (χ4v) is 3.71. The van der Waals surface area contributed by atoms with Gasteiger partial charge in [-0.15, -0.1) is 0 Å². The van der Waals surface area contributed by atoms with Gasteiger partial charge in [-0.2, -0.15) is 5.10 Å². The van der Waals surface area contributed by atoms with Crippen LogP contribution in [0.3, 0.4) is 0 Å². The zero-order valence-electron chi connectivity index (χ0n) is 16.3. The Bertz CT molecular complexity index is 1260. The standard InChI is InChI=1S/C22H15BrCl2FN3O3/c23-17-11-29(10-13-1-4-15(26)5-2-13)28-21(17)27-22(30)20-8-6-16(32-20)12-31-19-7-3-14(24)9-18(19)25/h1-9,11H,10,12H2,(H,27,28,30). The number of anilines is 1. The number of rotatable bonds is 7. The molecule has 2 aromatic carbocycles. The number of nitrogens with one attached hydrogen (secondary N) is 1. The molecule has 4 rings (SSSR count). The predicted octanol–water partition coefficient (Wildman–Crippen LogP) is 6.56. The van der Waals surface area contributed by atoms with E-state index in [-0.39, 0.29) is 18.2 Å². The average Bonchev–Trinajstić information content (AvgIpc) is 3.36. The van der Waals surface area contributed by atoms with E-state index >= 15 is 0 Å². The predicted molar refractivity (Wildman–Crippen MR) is 123 cm³/mol. The summed E-state index contributed by atoms with van der Waals surface area (Å²) in [5.41, 5.74) is 0.871. The first-order chi connectivity index (χ1) is 15.4. The number of nitrogens with zero attached hydrogens (tertiary/aromatic N) is 2. The molecule has 0 atom stereocenters. The zero-order chi connectivity index (χ0) is 22.7. The quantitative estimate of drug-likeness (QED) is 0.289. The Balaban J connectivity index is 1.37. The largest absolute Gasteiger partial charge is 0.484 e. The van der Waals surface area contributed by atoms with Crippen LogP contribution in [-0.4, -0.2) is 15.7 Å². The van der Waals surface area contributed by atoms with E-state index in [2.05, 4.69) is 26.3 Å². The van der Waals surface area contributed by atoms with Gasteiger partial charge >= 0.3 is 0 Å². The van der Waals surface area contributed by atoms with E-state index < -0.39 is 5.91 Å². The summed E-state index contributed by atoms with van der Waals surface area (Å²) in [4.78, 5) is 12.6. The van der Waals surface area contributed by atoms with Gasteiger partial charge in [0, 0.05) is 11.2 Å². The van der Waals surface area contributed by atoms with Crippen molar-refractivity contribution in [3.05, 3.63) is 98.2 Å². The Hall–Kier alpha value is -2.81.